The number of nitrogens with one attached hydrogen (secondary N) is 1. The molecule has 1 atom stereocenters. The molecule has 2 fully saturated rings. The predicted octanol–water partition coefficient (Wildman–Crippen LogP) is 3.38. The lowest BCUT2D eigenvalue weighted by atomic mass is 9.92. The van der Waals surface area contributed by atoms with Crippen molar-refractivity contribution in [3.63, 3.8) is 0 Å². The van der Waals surface area contributed by atoms with Gasteiger partial charge >= 0.3 is 0 Å². The molecular weight excluding hydrogens is 278 g/mol. The Hall–Kier alpha value is -0.380. The third-order valence-electron chi connectivity index (χ3n) is 3.82. The first-order chi connectivity index (χ1) is 9.31. The lowest BCUT2D eigenvalue weighted by Gasteiger charge is -2.26. The average molecular weight is 298 g/mol. The van der Waals surface area contributed by atoms with E-state index < -0.39 is 0 Å². The van der Waals surface area contributed by atoms with Crippen LogP contribution in [-0.4, -0.2) is 30.7 Å². The number of piperidine rings is 1. The number of benzene rings is 1. The lowest BCUT2D eigenvalue weighted by Crippen LogP contribution is -2.31. The van der Waals surface area contributed by atoms with Gasteiger partial charge < -0.3 is 10.1 Å². The molecule has 0 aliphatic carbocycles. The molecular formula is C15H20ClNOS. The summed E-state index contributed by atoms with van der Waals surface area (Å²) in [4.78, 5) is 0. The second kappa shape index (κ2) is 6.38. The highest BCUT2D eigenvalue weighted by molar-refractivity contribution is 8.00. The van der Waals surface area contributed by atoms with Gasteiger partial charge in [-0.05, 0) is 56.0 Å². The number of thioether (sulfide) groups is 1. The summed E-state index contributed by atoms with van der Waals surface area (Å²) in [5.74, 6) is 3.77. The number of halogens is 1. The highest BCUT2D eigenvalue weighted by atomic mass is 35.5. The Bertz CT molecular complexity index is 430. The molecule has 1 aromatic rings. The van der Waals surface area contributed by atoms with Gasteiger partial charge in [0, 0.05) is 11.5 Å². The minimum Gasteiger partial charge on any atom is -0.487 e. The third-order valence-corrected chi connectivity index (χ3v) is 5.33. The Morgan fingerprint density at radius 2 is 2.26 bits per heavy atom. The van der Waals surface area contributed by atoms with Crippen molar-refractivity contribution in [3.05, 3.63) is 28.8 Å². The Labute approximate surface area is 124 Å². The maximum absolute atomic E-state index is 6.32. The normalized spacial score (nSPS) is 23.9. The second-order valence-electron chi connectivity index (χ2n) is 5.46. The van der Waals surface area contributed by atoms with Gasteiger partial charge in [-0.2, -0.15) is 11.8 Å². The van der Waals surface area contributed by atoms with Crippen molar-refractivity contribution in [1.29, 1.82) is 0 Å². The largest absolute Gasteiger partial charge is 0.487 e. The summed E-state index contributed by atoms with van der Waals surface area (Å²) in [7, 11) is 0. The zero-order valence-corrected chi connectivity index (χ0v) is 12.6. The number of ether oxygens (including phenoxy) is 1. The molecule has 2 nitrogen and oxygen atoms in total. The van der Waals surface area contributed by atoms with Crippen molar-refractivity contribution < 1.29 is 4.74 Å². The molecule has 2 heterocycles. The maximum Gasteiger partial charge on any atom is 0.138 e. The molecule has 3 rings (SSSR count). The monoisotopic (exact) mass is 297 g/mol. The van der Waals surface area contributed by atoms with E-state index in [1.165, 1.54) is 24.9 Å². The topological polar surface area (TPSA) is 21.3 Å². The van der Waals surface area contributed by atoms with Crippen molar-refractivity contribution in [3.8, 4) is 5.75 Å². The molecule has 4 heteroatoms. The Kier molecular flexibility index (Phi) is 4.57. The van der Waals surface area contributed by atoms with Gasteiger partial charge in [0.2, 0.25) is 0 Å². The number of hydrogen-bond donors (Lipinski definition) is 1. The molecule has 0 bridgehead atoms. The van der Waals surface area contributed by atoms with E-state index in [2.05, 4.69) is 17.4 Å². The molecule has 2 aliphatic heterocycles. The van der Waals surface area contributed by atoms with Gasteiger partial charge in [-0.1, -0.05) is 17.7 Å². The van der Waals surface area contributed by atoms with Gasteiger partial charge in [0.05, 0.1) is 5.02 Å². The fourth-order valence-corrected chi connectivity index (χ4v) is 3.47. The van der Waals surface area contributed by atoms with E-state index in [1.807, 2.05) is 17.8 Å². The van der Waals surface area contributed by atoms with Crippen LogP contribution >= 0.6 is 23.4 Å². The van der Waals surface area contributed by atoms with Crippen LogP contribution in [0.2, 0.25) is 5.02 Å². The smallest absolute Gasteiger partial charge is 0.138 e. The van der Waals surface area contributed by atoms with Crippen LogP contribution in [0.15, 0.2) is 18.2 Å². The Balaban J connectivity index is 1.61. The third kappa shape index (κ3) is 3.59. The van der Waals surface area contributed by atoms with E-state index in [1.54, 1.807) is 0 Å². The first kappa shape index (κ1) is 13.6. The van der Waals surface area contributed by atoms with Crippen molar-refractivity contribution >= 4 is 23.4 Å². The zero-order chi connectivity index (χ0) is 13.1. The van der Waals surface area contributed by atoms with Crippen LogP contribution in [0.4, 0.5) is 0 Å². The van der Waals surface area contributed by atoms with Crippen molar-refractivity contribution in [1.82, 2.24) is 5.32 Å². The molecule has 19 heavy (non-hydrogen) atoms. The van der Waals surface area contributed by atoms with Crippen LogP contribution in [0.3, 0.4) is 0 Å². The van der Waals surface area contributed by atoms with Gasteiger partial charge in [-0.25, -0.2) is 0 Å². The van der Waals surface area contributed by atoms with E-state index in [0.29, 0.717) is 6.10 Å². The van der Waals surface area contributed by atoms with Gasteiger partial charge in [0.1, 0.15) is 11.9 Å². The highest BCUT2D eigenvalue weighted by Gasteiger charge is 2.21. The van der Waals surface area contributed by atoms with Crippen LogP contribution in [0.1, 0.15) is 18.4 Å². The summed E-state index contributed by atoms with van der Waals surface area (Å²) < 4.78 is 5.86. The summed E-state index contributed by atoms with van der Waals surface area (Å²) in [6.07, 6.45) is 4.09. The maximum atomic E-state index is 6.32. The van der Waals surface area contributed by atoms with Gasteiger partial charge in [-0.15, -0.1) is 0 Å². The summed E-state index contributed by atoms with van der Waals surface area (Å²) in [5.41, 5.74) is 1.33. The van der Waals surface area contributed by atoms with Crippen LogP contribution in [0.25, 0.3) is 0 Å². The SMILES string of the molecule is Clc1cc(CC2CCCNC2)ccc1OC1CSC1. The molecule has 104 valence electrons. The first-order valence-corrected chi connectivity index (χ1v) is 8.58. The molecule has 1 aromatic carbocycles. The van der Waals surface area contributed by atoms with Gasteiger partial charge in [0.15, 0.2) is 0 Å². The molecule has 2 saturated heterocycles. The molecule has 0 spiro atoms. The number of rotatable bonds is 4. The molecule has 1 unspecified atom stereocenters. The zero-order valence-electron chi connectivity index (χ0n) is 11.0. The quantitative estimate of drug-likeness (QED) is 0.920. The Morgan fingerprint density at radius 3 is 2.89 bits per heavy atom. The fourth-order valence-electron chi connectivity index (χ4n) is 2.66. The van der Waals surface area contributed by atoms with E-state index in [9.17, 15) is 0 Å². The van der Waals surface area contributed by atoms with Gasteiger partial charge in [0.25, 0.3) is 0 Å². The summed E-state index contributed by atoms with van der Waals surface area (Å²) >= 11 is 8.25. The molecule has 2 aliphatic rings. The van der Waals surface area contributed by atoms with Crippen LogP contribution < -0.4 is 10.1 Å². The lowest BCUT2D eigenvalue weighted by molar-refractivity contribution is 0.240. The second-order valence-corrected chi connectivity index (χ2v) is 6.94. The van der Waals surface area contributed by atoms with Gasteiger partial charge in [-0.3, -0.25) is 0 Å². The molecule has 1 N–H and O–H groups in total. The Morgan fingerprint density at radius 1 is 1.37 bits per heavy atom. The van der Waals surface area contributed by atoms with Crippen molar-refractivity contribution in [2.45, 2.75) is 25.4 Å². The summed E-state index contributed by atoms with van der Waals surface area (Å²) in [6, 6.07) is 6.29. The molecule has 0 amide bonds. The first-order valence-electron chi connectivity index (χ1n) is 7.05. The van der Waals surface area contributed by atoms with Crippen molar-refractivity contribution in [2.24, 2.45) is 5.92 Å². The summed E-state index contributed by atoms with van der Waals surface area (Å²) in [5, 5.41) is 4.22. The highest BCUT2D eigenvalue weighted by Crippen LogP contribution is 2.31. The minimum atomic E-state index is 0.357. The molecule has 0 radical (unpaired) electrons. The van der Waals surface area contributed by atoms with Crippen LogP contribution in [0.5, 0.6) is 5.75 Å². The fraction of sp³-hybridized carbons (Fsp3) is 0.600. The summed E-state index contributed by atoms with van der Waals surface area (Å²) in [6.45, 7) is 2.30. The number of hydrogen-bond acceptors (Lipinski definition) is 3. The van der Waals surface area contributed by atoms with Crippen LogP contribution in [0, 0.1) is 5.92 Å². The predicted molar refractivity (Wildman–Crippen MR) is 82.5 cm³/mol. The van der Waals surface area contributed by atoms with Crippen molar-refractivity contribution in [2.75, 3.05) is 24.6 Å². The minimum absolute atomic E-state index is 0.357. The molecule has 0 aromatic heterocycles. The molecule has 0 saturated carbocycles. The van der Waals surface area contributed by atoms with E-state index >= 15 is 0 Å². The van der Waals surface area contributed by atoms with Crippen LogP contribution in [-0.2, 0) is 6.42 Å². The average Bonchev–Trinajstić information content (AvgIpc) is 2.37. The standard InChI is InChI=1S/C15H20ClNOS/c16-14-7-11(6-12-2-1-5-17-8-12)3-4-15(14)18-13-9-19-10-13/h3-4,7,12-13,17H,1-2,5-6,8-10H2. The van der Waals surface area contributed by atoms with E-state index in [4.69, 9.17) is 16.3 Å². The van der Waals surface area contributed by atoms with E-state index in [0.717, 1.165) is 41.2 Å². The van der Waals surface area contributed by atoms with E-state index in [-0.39, 0.29) is 0 Å².